The van der Waals surface area contributed by atoms with Crippen LogP contribution < -0.4 is 5.32 Å². The molecule has 0 aliphatic carbocycles. The SMILES string of the molecule is CCNCc1ccoc1COCCN1CCCC1. The van der Waals surface area contributed by atoms with E-state index in [1.807, 2.05) is 6.07 Å². The molecule has 0 unspecified atom stereocenters. The Morgan fingerprint density at radius 3 is 3.00 bits per heavy atom. The summed E-state index contributed by atoms with van der Waals surface area (Å²) in [4.78, 5) is 2.46. The van der Waals surface area contributed by atoms with Crippen molar-refractivity contribution in [1.82, 2.24) is 10.2 Å². The van der Waals surface area contributed by atoms with E-state index in [0.717, 1.165) is 32.0 Å². The molecule has 0 radical (unpaired) electrons. The summed E-state index contributed by atoms with van der Waals surface area (Å²) >= 11 is 0. The largest absolute Gasteiger partial charge is 0.467 e. The molecule has 4 nitrogen and oxygen atoms in total. The summed E-state index contributed by atoms with van der Waals surface area (Å²) in [5.74, 6) is 0.956. The van der Waals surface area contributed by atoms with Gasteiger partial charge in [0.1, 0.15) is 12.4 Å². The molecule has 0 spiro atoms. The number of nitrogens with zero attached hydrogens (tertiary/aromatic N) is 1. The molecule has 1 aliphatic heterocycles. The summed E-state index contributed by atoms with van der Waals surface area (Å²) < 4.78 is 11.2. The Balaban J connectivity index is 1.64. The molecular formula is C14H24N2O2. The Morgan fingerprint density at radius 2 is 2.22 bits per heavy atom. The van der Waals surface area contributed by atoms with Crippen molar-refractivity contribution in [1.29, 1.82) is 0 Å². The van der Waals surface area contributed by atoms with Gasteiger partial charge >= 0.3 is 0 Å². The highest BCUT2D eigenvalue weighted by Gasteiger charge is 2.11. The average molecular weight is 252 g/mol. The highest BCUT2D eigenvalue weighted by atomic mass is 16.5. The molecule has 1 saturated heterocycles. The van der Waals surface area contributed by atoms with Crippen LogP contribution in [0, 0.1) is 0 Å². The first-order valence-electron chi connectivity index (χ1n) is 6.96. The molecule has 1 aromatic rings. The van der Waals surface area contributed by atoms with Gasteiger partial charge in [-0.1, -0.05) is 6.92 Å². The monoisotopic (exact) mass is 252 g/mol. The highest BCUT2D eigenvalue weighted by Crippen LogP contribution is 2.12. The Morgan fingerprint density at radius 1 is 1.39 bits per heavy atom. The molecule has 0 saturated carbocycles. The Bertz CT molecular complexity index is 332. The lowest BCUT2D eigenvalue weighted by molar-refractivity contribution is 0.0868. The highest BCUT2D eigenvalue weighted by molar-refractivity contribution is 5.15. The van der Waals surface area contributed by atoms with Gasteiger partial charge in [-0.3, -0.25) is 0 Å². The molecule has 1 N–H and O–H groups in total. The lowest BCUT2D eigenvalue weighted by atomic mass is 10.2. The standard InChI is InChI=1S/C14H24N2O2/c1-2-15-11-13-5-9-18-14(13)12-17-10-8-16-6-3-4-7-16/h5,9,15H,2-4,6-8,10-12H2,1H3. The fourth-order valence-electron chi connectivity index (χ4n) is 2.28. The quantitative estimate of drug-likeness (QED) is 0.718. The van der Waals surface area contributed by atoms with E-state index in [1.54, 1.807) is 6.26 Å². The molecule has 2 rings (SSSR count). The molecule has 0 atom stereocenters. The second kappa shape index (κ2) is 7.56. The van der Waals surface area contributed by atoms with Gasteiger partial charge in [-0.05, 0) is 38.5 Å². The molecule has 1 fully saturated rings. The second-order valence-electron chi connectivity index (χ2n) is 4.75. The molecule has 0 amide bonds. The number of nitrogens with one attached hydrogen (secondary N) is 1. The molecule has 0 aromatic carbocycles. The predicted molar refractivity (Wildman–Crippen MR) is 71.4 cm³/mol. The van der Waals surface area contributed by atoms with E-state index in [-0.39, 0.29) is 0 Å². The maximum atomic E-state index is 5.70. The van der Waals surface area contributed by atoms with Crippen LogP contribution in [-0.2, 0) is 17.9 Å². The van der Waals surface area contributed by atoms with Crippen LogP contribution in [0.25, 0.3) is 0 Å². The molecule has 2 heterocycles. The zero-order chi connectivity index (χ0) is 12.6. The van der Waals surface area contributed by atoms with Crippen LogP contribution in [0.1, 0.15) is 31.1 Å². The molecule has 4 heteroatoms. The molecular weight excluding hydrogens is 228 g/mol. The summed E-state index contributed by atoms with van der Waals surface area (Å²) in [6.45, 7) is 8.82. The van der Waals surface area contributed by atoms with Crippen molar-refractivity contribution >= 4 is 0 Å². The third kappa shape index (κ3) is 4.12. The second-order valence-corrected chi connectivity index (χ2v) is 4.75. The van der Waals surface area contributed by atoms with Gasteiger partial charge in [-0.25, -0.2) is 0 Å². The van der Waals surface area contributed by atoms with Gasteiger partial charge in [0, 0.05) is 18.7 Å². The lowest BCUT2D eigenvalue weighted by Gasteiger charge is -2.14. The van der Waals surface area contributed by atoms with Crippen molar-refractivity contribution < 1.29 is 9.15 Å². The van der Waals surface area contributed by atoms with Gasteiger partial charge in [-0.15, -0.1) is 0 Å². The summed E-state index contributed by atoms with van der Waals surface area (Å²) in [6.07, 6.45) is 4.42. The molecule has 102 valence electrons. The van der Waals surface area contributed by atoms with Crippen LogP contribution in [-0.4, -0.2) is 37.7 Å². The Kier molecular flexibility index (Phi) is 5.71. The molecule has 1 aliphatic rings. The topological polar surface area (TPSA) is 37.6 Å². The summed E-state index contributed by atoms with van der Waals surface area (Å²) in [5.41, 5.74) is 1.21. The zero-order valence-corrected chi connectivity index (χ0v) is 11.3. The molecule has 18 heavy (non-hydrogen) atoms. The summed E-state index contributed by atoms with van der Waals surface area (Å²) in [7, 11) is 0. The minimum atomic E-state index is 0.585. The third-order valence-corrected chi connectivity index (χ3v) is 3.39. The van der Waals surface area contributed by atoms with Crippen molar-refractivity contribution in [3.05, 3.63) is 23.7 Å². The minimum Gasteiger partial charge on any atom is -0.467 e. The van der Waals surface area contributed by atoms with Crippen molar-refractivity contribution in [2.24, 2.45) is 0 Å². The number of rotatable bonds is 8. The van der Waals surface area contributed by atoms with Crippen molar-refractivity contribution in [3.8, 4) is 0 Å². The number of hydrogen-bond donors (Lipinski definition) is 1. The van der Waals surface area contributed by atoms with E-state index in [4.69, 9.17) is 9.15 Å². The molecule has 0 bridgehead atoms. The van der Waals surface area contributed by atoms with Gasteiger partial charge in [0.15, 0.2) is 0 Å². The maximum Gasteiger partial charge on any atom is 0.133 e. The maximum absolute atomic E-state index is 5.70. The van der Waals surface area contributed by atoms with E-state index >= 15 is 0 Å². The van der Waals surface area contributed by atoms with Gasteiger partial charge in [0.05, 0.1) is 12.9 Å². The zero-order valence-electron chi connectivity index (χ0n) is 11.3. The lowest BCUT2D eigenvalue weighted by Crippen LogP contribution is -2.24. The van der Waals surface area contributed by atoms with Crippen molar-refractivity contribution in [2.75, 3.05) is 32.8 Å². The average Bonchev–Trinajstić information content (AvgIpc) is 3.03. The van der Waals surface area contributed by atoms with E-state index in [1.165, 1.54) is 31.5 Å². The number of hydrogen-bond acceptors (Lipinski definition) is 4. The van der Waals surface area contributed by atoms with Gasteiger partial charge < -0.3 is 19.4 Å². The summed E-state index contributed by atoms with van der Waals surface area (Å²) in [5, 5.41) is 3.30. The number of ether oxygens (including phenoxy) is 1. The first-order chi connectivity index (χ1) is 8.90. The van der Waals surface area contributed by atoms with Gasteiger partial charge in [0.25, 0.3) is 0 Å². The molecule has 1 aromatic heterocycles. The van der Waals surface area contributed by atoms with Crippen LogP contribution in [0.2, 0.25) is 0 Å². The normalized spacial score (nSPS) is 16.5. The summed E-state index contributed by atoms with van der Waals surface area (Å²) in [6, 6.07) is 2.02. The number of furan rings is 1. The van der Waals surface area contributed by atoms with Gasteiger partial charge in [0.2, 0.25) is 0 Å². The predicted octanol–water partition coefficient (Wildman–Crippen LogP) is 2.00. The first kappa shape index (κ1) is 13.6. The smallest absolute Gasteiger partial charge is 0.133 e. The van der Waals surface area contributed by atoms with Crippen LogP contribution >= 0.6 is 0 Å². The van der Waals surface area contributed by atoms with E-state index in [0.29, 0.717) is 6.61 Å². The van der Waals surface area contributed by atoms with Crippen LogP contribution in [0.3, 0.4) is 0 Å². The first-order valence-corrected chi connectivity index (χ1v) is 6.96. The minimum absolute atomic E-state index is 0.585. The fourth-order valence-corrected chi connectivity index (χ4v) is 2.28. The van der Waals surface area contributed by atoms with Crippen LogP contribution in [0.15, 0.2) is 16.7 Å². The van der Waals surface area contributed by atoms with Crippen molar-refractivity contribution in [2.45, 2.75) is 32.9 Å². The Hall–Kier alpha value is -0.840. The van der Waals surface area contributed by atoms with Crippen molar-refractivity contribution in [3.63, 3.8) is 0 Å². The van der Waals surface area contributed by atoms with Gasteiger partial charge in [-0.2, -0.15) is 0 Å². The third-order valence-electron chi connectivity index (χ3n) is 3.39. The van der Waals surface area contributed by atoms with Crippen LogP contribution in [0.4, 0.5) is 0 Å². The van der Waals surface area contributed by atoms with Crippen LogP contribution in [0.5, 0.6) is 0 Å². The van der Waals surface area contributed by atoms with E-state index < -0.39 is 0 Å². The number of likely N-dealkylation sites (tertiary alicyclic amines) is 1. The fraction of sp³-hybridized carbons (Fsp3) is 0.714. The van der Waals surface area contributed by atoms with E-state index in [2.05, 4.69) is 17.1 Å². The Labute approximate surface area is 109 Å². The van der Waals surface area contributed by atoms with E-state index in [9.17, 15) is 0 Å².